The van der Waals surface area contributed by atoms with Crippen LogP contribution < -0.4 is 15.6 Å². The van der Waals surface area contributed by atoms with E-state index in [9.17, 15) is 9.59 Å². The van der Waals surface area contributed by atoms with Crippen LogP contribution in [0, 0.1) is 6.92 Å². The fourth-order valence-electron chi connectivity index (χ4n) is 5.63. The number of halogens is 1. The molecule has 1 N–H and O–H groups in total. The van der Waals surface area contributed by atoms with E-state index in [-0.39, 0.29) is 17.5 Å². The Morgan fingerprint density at radius 2 is 1.87 bits per heavy atom. The van der Waals surface area contributed by atoms with Gasteiger partial charge >= 0.3 is 0 Å². The van der Waals surface area contributed by atoms with Crippen LogP contribution in [0.2, 0.25) is 5.02 Å². The molecular weight excluding hydrogens is 512 g/mol. The van der Waals surface area contributed by atoms with Gasteiger partial charge in [0.15, 0.2) is 0 Å². The van der Waals surface area contributed by atoms with Gasteiger partial charge in [0, 0.05) is 29.5 Å². The number of carbonyl (C=O) groups is 1. The highest BCUT2D eigenvalue weighted by atomic mass is 35.5. The second kappa shape index (κ2) is 10.8. The fraction of sp³-hybridized carbons (Fsp3) is 0.323. The lowest BCUT2D eigenvalue weighted by atomic mass is 9.98. The van der Waals surface area contributed by atoms with Crippen LogP contribution in [-0.2, 0) is 6.54 Å². The minimum atomic E-state index is -0.295. The number of rotatable bonds is 5. The van der Waals surface area contributed by atoms with Gasteiger partial charge in [-0.1, -0.05) is 42.3 Å². The van der Waals surface area contributed by atoms with Crippen LogP contribution in [-0.4, -0.2) is 40.3 Å². The van der Waals surface area contributed by atoms with Crippen molar-refractivity contribution in [2.45, 2.75) is 45.2 Å². The van der Waals surface area contributed by atoms with Crippen LogP contribution in [0.3, 0.4) is 0 Å². The Kier molecular flexibility index (Phi) is 7.11. The van der Waals surface area contributed by atoms with E-state index in [1.54, 1.807) is 30.3 Å². The summed E-state index contributed by atoms with van der Waals surface area (Å²) in [7, 11) is 0. The van der Waals surface area contributed by atoms with Crippen molar-refractivity contribution in [2.24, 2.45) is 0 Å². The molecule has 39 heavy (non-hydrogen) atoms. The van der Waals surface area contributed by atoms with Gasteiger partial charge in [-0.3, -0.25) is 14.5 Å². The third kappa shape index (κ3) is 5.16. The molecule has 1 fully saturated rings. The Bertz CT molecular complexity index is 1590. The van der Waals surface area contributed by atoms with Crippen molar-refractivity contribution < 1.29 is 9.53 Å². The van der Waals surface area contributed by atoms with Crippen LogP contribution in [0.4, 0.5) is 0 Å². The largest absolute Gasteiger partial charge is 0.493 e. The van der Waals surface area contributed by atoms with Gasteiger partial charge in [-0.2, -0.15) is 9.78 Å². The number of nitrogens with one attached hydrogen (secondary N) is 1. The van der Waals surface area contributed by atoms with Crippen LogP contribution in [0.5, 0.6) is 5.75 Å². The highest BCUT2D eigenvalue weighted by Gasteiger charge is 2.24. The number of nitrogens with zero attached hydrogens (tertiary/aromatic N) is 3. The zero-order valence-electron chi connectivity index (χ0n) is 22.0. The summed E-state index contributed by atoms with van der Waals surface area (Å²) in [5.74, 6) is 0.682. The molecule has 0 spiro atoms. The van der Waals surface area contributed by atoms with Crippen molar-refractivity contribution in [3.8, 4) is 11.4 Å². The third-order valence-electron chi connectivity index (χ3n) is 7.71. The van der Waals surface area contributed by atoms with Crippen molar-refractivity contribution in [2.75, 3.05) is 19.7 Å². The molecule has 1 saturated heterocycles. The summed E-state index contributed by atoms with van der Waals surface area (Å²) in [6, 6.07) is 18.5. The van der Waals surface area contributed by atoms with E-state index in [4.69, 9.17) is 16.3 Å². The molecule has 0 aliphatic carbocycles. The van der Waals surface area contributed by atoms with Gasteiger partial charge in [0.25, 0.3) is 11.5 Å². The maximum absolute atomic E-state index is 13.2. The van der Waals surface area contributed by atoms with Crippen LogP contribution in [0.25, 0.3) is 16.5 Å². The summed E-state index contributed by atoms with van der Waals surface area (Å²) < 4.78 is 7.31. The zero-order chi connectivity index (χ0) is 26.9. The van der Waals surface area contributed by atoms with Gasteiger partial charge in [0.2, 0.25) is 0 Å². The average Bonchev–Trinajstić information content (AvgIpc) is 2.95. The number of hydrogen-bond acceptors (Lipinski definition) is 5. The van der Waals surface area contributed by atoms with Crippen LogP contribution in [0.15, 0.2) is 65.5 Å². The molecule has 3 heterocycles. The van der Waals surface area contributed by atoms with Crippen LogP contribution >= 0.6 is 11.6 Å². The predicted molar refractivity (Wildman–Crippen MR) is 153 cm³/mol. The first kappa shape index (κ1) is 25.6. The van der Waals surface area contributed by atoms with Crippen molar-refractivity contribution in [1.82, 2.24) is 20.0 Å². The van der Waals surface area contributed by atoms with Gasteiger partial charge < -0.3 is 10.1 Å². The molecule has 1 amide bonds. The van der Waals surface area contributed by atoms with Crippen molar-refractivity contribution >= 4 is 28.3 Å². The maximum atomic E-state index is 13.2. The molecule has 7 nitrogen and oxygen atoms in total. The lowest BCUT2D eigenvalue weighted by molar-refractivity contribution is 0.0924. The second-order valence-electron chi connectivity index (χ2n) is 10.4. The molecule has 0 radical (unpaired) electrons. The lowest BCUT2D eigenvalue weighted by Crippen LogP contribution is -2.32. The van der Waals surface area contributed by atoms with E-state index >= 15 is 0 Å². The topological polar surface area (TPSA) is 76.5 Å². The van der Waals surface area contributed by atoms with Gasteiger partial charge in [0.1, 0.15) is 5.75 Å². The predicted octanol–water partition coefficient (Wildman–Crippen LogP) is 5.59. The smallest absolute Gasteiger partial charge is 0.280 e. The molecule has 1 aromatic heterocycles. The first-order valence-electron chi connectivity index (χ1n) is 13.6. The molecule has 2 aliphatic rings. The standard InChI is InChI=1S/C31H31ClN4O3/c1-20-24-6-5-7-26(32)29(24)31(38)36(34-20)23-11-9-22(10-12-23)30(37)33-27-14-17-39-28-18-21(8-13-25(27)28)19-35-15-3-2-4-16-35/h5-13,18,27H,2-4,14-17,19H2,1H3,(H,33,37)/t27-/m1/s1. The molecular formula is C31H31ClN4O3. The Labute approximate surface area is 232 Å². The number of carbonyl (C=O) groups excluding carboxylic acids is 1. The third-order valence-corrected chi connectivity index (χ3v) is 8.03. The molecule has 0 bridgehead atoms. The number of amides is 1. The van der Waals surface area contributed by atoms with E-state index in [0.717, 1.165) is 36.3 Å². The second-order valence-corrected chi connectivity index (χ2v) is 10.8. The molecule has 1 atom stereocenters. The number of aromatic nitrogens is 2. The summed E-state index contributed by atoms with van der Waals surface area (Å²) in [5, 5.41) is 9.21. The quantitative estimate of drug-likeness (QED) is 0.356. The number of aryl methyl sites for hydroxylation is 1. The van der Waals surface area contributed by atoms with E-state index in [1.807, 2.05) is 19.1 Å². The summed E-state index contributed by atoms with van der Waals surface area (Å²) in [6.45, 7) is 5.63. The minimum absolute atomic E-state index is 0.125. The lowest BCUT2D eigenvalue weighted by Gasteiger charge is -2.29. The Morgan fingerprint density at radius 1 is 1.08 bits per heavy atom. The van der Waals surface area contributed by atoms with E-state index in [2.05, 4.69) is 33.5 Å². The first-order chi connectivity index (χ1) is 19.0. The van der Waals surface area contributed by atoms with Gasteiger partial charge in [-0.15, -0.1) is 0 Å². The minimum Gasteiger partial charge on any atom is -0.493 e. The van der Waals surface area contributed by atoms with Crippen LogP contribution in [0.1, 0.15) is 58.9 Å². The highest BCUT2D eigenvalue weighted by molar-refractivity contribution is 6.35. The summed E-state index contributed by atoms with van der Waals surface area (Å²) >= 11 is 6.34. The number of benzene rings is 3. The van der Waals surface area contributed by atoms with Gasteiger partial charge in [-0.25, -0.2) is 0 Å². The van der Waals surface area contributed by atoms with Crippen molar-refractivity contribution in [3.63, 3.8) is 0 Å². The molecule has 2 aliphatic heterocycles. The number of likely N-dealkylation sites (tertiary alicyclic amines) is 1. The molecule has 0 unspecified atom stereocenters. The molecule has 8 heteroatoms. The zero-order valence-corrected chi connectivity index (χ0v) is 22.7. The van der Waals surface area contributed by atoms with Crippen molar-refractivity contribution in [1.29, 1.82) is 0 Å². The Hall–Kier alpha value is -3.68. The Balaban J connectivity index is 1.19. The maximum Gasteiger partial charge on any atom is 0.280 e. The van der Waals surface area contributed by atoms with E-state index < -0.39 is 0 Å². The molecule has 3 aromatic carbocycles. The first-order valence-corrected chi connectivity index (χ1v) is 13.9. The number of fused-ring (bicyclic) bond motifs is 2. The molecule has 6 rings (SSSR count). The summed E-state index contributed by atoms with van der Waals surface area (Å²) in [6.07, 6.45) is 4.56. The highest BCUT2D eigenvalue weighted by Crippen LogP contribution is 2.33. The number of hydrogen-bond donors (Lipinski definition) is 1. The number of piperidine rings is 1. The average molecular weight is 543 g/mol. The Morgan fingerprint density at radius 3 is 2.67 bits per heavy atom. The number of ether oxygens (including phenoxy) is 1. The monoisotopic (exact) mass is 542 g/mol. The summed E-state index contributed by atoms with van der Waals surface area (Å²) in [5.41, 5.74) is 3.74. The molecule has 200 valence electrons. The van der Waals surface area contributed by atoms with E-state index in [0.29, 0.717) is 40.4 Å². The normalized spacial score (nSPS) is 17.4. The molecule has 0 saturated carbocycles. The SMILES string of the molecule is Cc1nn(-c2ccc(C(=O)N[C@@H]3CCOc4cc(CN5CCCCC5)ccc43)cc2)c(=O)c2c(Cl)cccc12. The summed E-state index contributed by atoms with van der Waals surface area (Å²) in [4.78, 5) is 28.8. The van der Waals surface area contributed by atoms with Gasteiger partial charge in [-0.05, 0) is 74.8 Å². The molecule has 4 aromatic rings. The van der Waals surface area contributed by atoms with Crippen molar-refractivity contribution in [3.05, 3.63) is 98.4 Å². The van der Waals surface area contributed by atoms with Gasteiger partial charge in [0.05, 0.1) is 34.4 Å². The fourth-order valence-corrected chi connectivity index (χ4v) is 5.88. The van der Waals surface area contributed by atoms with E-state index in [1.165, 1.54) is 29.5 Å².